The molecule has 0 saturated heterocycles. The molecule has 4 heteroatoms. The van der Waals surface area contributed by atoms with Crippen molar-refractivity contribution in [1.29, 1.82) is 0 Å². The summed E-state index contributed by atoms with van der Waals surface area (Å²) >= 11 is 0. The molecule has 0 aromatic rings. The number of nitrogens with one attached hydrogen (secondary N) is 2. The summed E-state index contributed by atoms with van der Waals surface area (Å²) in [4.78, 5) is 26.3. The zero-order valence-corrected chi connectivity index (χ0v) is 41.9. The van der Waals surface area contributed by atoms with Crippen LogP contribution in [0.25, 0.3) is 0 Å². The highest BCUT2D eigenvalue weighted by Crippen LogP contribution is 2.38. The Balaban J connectivity index is 4.93. The van der Waals surface area contributed by atoms with Gasteiger partial charge in [-0.3, -0.25) is 20.4 Å². The monoisotopic (exact) mass is 853 g/mol. The van der Waals surface area contributed by atoms with E-state index >= 15 is 0 Å². The van der Waals surface area contributed by atoms with Crippen molar-refractivity contribution in [1.82, 2.24) is 10.9 Å². The molecule has 4 nitrogen and oxygen atoms in total. The van der Waals surface area contributed by atoms with E-state index in [0.29, 0.717) is 6.42 Å². The summed E-state index contributed by atoms with van der Waals surface area (Å²) in [5, 5.41) is 0. The highest BCUT2D eigenvalue weighted by Gasteiger charge is 2.37. The van der Waals surface area contributed by atoms with E-state index in [4.69, 9.17) is 0 Å². The van der Waals surface area contributed by atoms with Gasteiger partial charge in [-0.15, -0.1) is 0 Å². The van der Waals surface area contributed by atoms with Crippen LogP contribution in [0, 0.1) is 5.41 Å². The maximum absolute atomic E-state index is 14.1. The number of unbranched alkanes of at least 4 members (excludes halogenated alkanes) is 34. The number of allylic oxidation sites excluding steroid dienone is 6. The molecule has 2 N–H and O–H groups in total. The number of carbonyl (C=O) groups is 2. The summed E-state index contributed by atoms with van der Waals surface area (Å²) < 4.78 is 0. The smallest absolute Gasteiger partial charge is 0.244 e. The Labute approximate surface area is 383 Å². The van der Waals surface area contributed by atoms with Crippen molar-refractivity contribution in [2.24, 2.45) is 5.41 Å². The molecule has 0 spiro atoms. The predicted octanol–water partition coefficient (Wildman–Crippen LogP) is 19.0. The fraction of sp³-hybridized carbons (Fsp3) is 0.860. The van der Waals surface area contributed by atoms with Crippen LogP contribution < -0.4 is 10.9 Å². The molecule has 61 heavy (non-hydrogen) atoms. The molecule has 0 aromatic heterocycles. The standard InChI is InChI=1S/C57H108N2O2/c1-5-9-12-15-18-21-24-27-30-32-35-38-41-44-47-50-53-57(56(61)59-58-55(60)8-4,52-49-46-43-40-37-34-29-26-23-20-17-14-11-7-3)54-51-48-45-42-39-36-33-31-28-25-22-19-16-13-10-6-2/h27-31,34H,5-26,32-33,35-54H2,1-4H3,(H,58,60)(H,59,61)/b30-27-,31-28-,34-29-. The minimum atomic E-state index is -0.389. The van der Waals surface area contributed by atoms with E-state index in [2.05, 4.69) is 68.1 Å². The van der Waals surface area contributed by atoms with Crippen LogP contribution in [0.2, 0.25) is 0 Å². The van der Waals surface area contributed by atoms with E-state index in [1.54, 1.807) is 0 Å². The Morgan fingerprint density at radius 2 is 0.541 bits per heavy atom. The number of carbonyl (C=O) groups excluding carboxylic acids is 2. The van der Waals surface area contributed by atoms with E-state index in [1.807, 2.05) is 6.92 Å². The lowest BCUT2D eigenvalue weighted by Crippen LogP contribution is -2.49. The van der Waals surface area contributed by atoms with Gasteiger partial charge in [-0.2, -0.15) is 0 Å². The van der Waals surface area contributed by atoms with Crippen molar-refractivity contribution < 1.29 is 9.59 Å². The van der Waals surface area contributed by atoms with Crippen molar-refractivity contribution in [2.75, 3.05) is 0 Å². The lowest BCUT2D eigenvalue weighted by Gasteiger charge is -2.33. The number of hydrogen-bond acceptors (Lipinski definition) is 2. The molecule has 0 rings (SSSR count). The van der Waals surface area contributed by atoms with E-state index in [-0.39, 0.29) is 17.2 Å². The van der Waals surface area contributed by atoms with Gasteiger partial charge in [-0.25, -0.2) is 0 Å². The average Bonchev–Trinajstić information content (AvgIpc) is 3.27. The van der Waals surface area contributed by atoms with Crippen LogP contribution in [0.5, 0.6) is 0 Å². The van der Waals surface area contributed by atoms with Crippen LogP contribution in [0.15, 0.2) is 36.5 Å². The van der Waals surface area contributed by atoms with Crippen molar-refractivity contribution >= 4 is 11.8 Å². The zero-order chi connectivity index (χ0) is 44.4. The van der Waals surface area contributed by atoms with Gasteiger partial charge in [0.2, 0.25) is 11.8 Å². The fourth-order valence-corrected chi connectivity index (χ4v) is 8.84. The minimum absolute atomic E-state index is 0.0624. The summed E-state index contributed by atoms with van der Waals surface area (Å²) in [6.45, 7) is 8.70. The summed E-state index contributed by atoms with van der Waals surface area (Å²) in [5.74, 6) is -0.0475. The van der Waals surface area contributed by atoms with Crippen molar-refractivity contribution in [2.45, 2.75) is 310 Å². The lowest BCUT2D eigenvalue weighted by atomic mass is 9.73. The largest absolute Gasteiger partial charge is 0.273 e. The fourth-order valence-electron chi connectivity index (χ4n) is 8.84. The van der Waals surface area contributed by atoms with Crippen LogP contribution in [0.1, 0.15) is 310 Å². The second-order valence-corrected chi connectivity index (χ2v) is 19.0. The normalized spacial score (nSPS) is 12.1. The number of hydrazine groups is 1. The molecule has 0 bridgehead atoms. The van der Waals surface area contributed by atoms with Gasteiger partial charge in [-0.1, -0.05) is 244 Å². The Hall–Kier alpha value is -1.84. The maximum atomic E-state index is 14.1. The highest BCUT2D eigenvalue weighted by molar-refractivity contribution is 5.85. The Morgan fingerprint density at radius 3 is 0.787 bits per heavy atom. The molecule has 0 heterocycles. The van der Waals surface area contributed by atoms with Crippen LogP contribution in [-0.4, -0.2) is 11.8 Å². The maximum Gasteiger partial charge on any atom is 0.244 e. The van der Waals surface area contributed by atoms with Gasteiger partial charge >= 0.3 is 0 Å². The van der Waals surface area contributed by atoms with Crippen molar-refractivity contribution in [3.63, 3.8) is 0 Å². The van der Waals surface area contributed by atoms with Crippen LogP contribution >= 0.6 is 0 Å². The summed E-state index contributed by atoms with van der Waals surface area (Å²) in [6, 6.07) is 0. The summed E-state index contributed by atoms with van der Waals surface area (Å²) in [6.07, 6.45) is 69.3. The van der Waals surface area contributed by atoms with Gasteiger partial charge in [0.15, 0.2) is 0 Å². The van der Waals surface area contributed by atoms with E-state index in [1.165, 1.54) is 238 Å². The SMILES string of the molecule is CCCCCCCC/C=C\CCCCCCCCC(CCCCCC/C=C\CCCCCCCC)(CCCCCCCC/C=C\CCCCCCCC)C(=O)NNC(=O)CC. The molecule has 0 unspecified atom stereocenters. The Bertz CT molecular complexity index is 957. The molecule has 0 aliphatic heterocycles. The zero-order valence-electron chi connectivity index (χ0n) is 41.9. The van der Waals surface area contributed by atoms with Gasteiger partial charge in [0, 0.05) is 6.42 Å². The van der Waals surface area contributed by atoms with E-state index in [0.717, 1.165) is 38.5 Å². The number of amides is 2. The molecule has 0 aliphatic rings. The third-order valence-electron chi connectivity index (χ3n) is 13.1. The molecule has 0 atom stereocenters. The molecular weight excluding hydrogens is 745 g/mol. The number of rotatable bonds is 48. The molecule has 0 radical (unpaired) electrons. The molecule has 2 amide bonds. The van der Waals surface area contributed by atoms with Gasteiger partial charge < -0.3 is 0 Å². The first-order chi connectivity index (χ1) is 30.1. The van der Waals surface area contributed by atoms with E-state index in [9.17, 15) is 9.59 Å². The van der Waals surface area contributed by atoms with Gasteiger partial charge in [0.1, 0.15) is 0 Å². The molecule has 0 fully saturated rings. The topological polar surface area (TPSA) is 58.2 Å². The quantitative estimate of drug-likeness (QED) is 0.0364. The van der Waals surface area contributed by atoms with Crippen LogP contribution in [0.4, 0.5) is 0 Å². The first kappa shape index (κ1) is 59.2. The highest BCUT2D eigenvalue weighted by atomic mass is 16.2. The van der Waals surface area contributed by atoms with Crippen molar-refractivity contribution in [3.8, 4) is 0 Å². The van der Waals surface area contributed by atoms with E-state index < -0.39 is 0 Å². The Morgan fingerprint density at radius 1 is 0.311 bits per heavy atom. The molecule has 358 valence electrons. The van der Waals surface area contributed by atoms with Crippen molar-refractivity contribution in [3.05, 3.63) is 36.5 Å². The van der Waals surface area contributed by atoms with Gasteiger partial charge in [0.25, 0.3) is 0 Å². The van der Waals surface area contributed by atoms with Crippen LogP contribution in [-0.2, 0) is 9.59 Å². The van der Waals surface area contributed by atoms with Gasteiger partial charge in [-0.05, 0) is 96.3 Å². The van der Waals surface area contributed by atoms with Crippen LogP contribution in [0.3, 0.4) is 0 Å². The number of hydrogen-bond donors (Lipinski definition) is 2. The third kappa shape index (κ3) is 41.9. The first-order valence-electron chi connectivity index (χ1n) is 27.6. The molecule has 0 aliphatic carbocycles. The predicted molar refractivity (Wildman–Crippen MR) is 272 cm³/mol. The summed E-state index contributed by atoms with van der Waals surface area (Å²) in [5.41, 5.74) is 5.28. The third-order valence-corrected chi connectivity index (χ3v) is 13.1. The lowest BCUT2D eigenvalue weighted by molar-refractivity contribution is -0.137. The molecular formula is C57H108N2O2. The van der Waals surface area contributed by atoms with Gasteiger partial charge in [0.05, 0.1) is 5.41 Å². The molecule has 0 saturated carbocycles. The summed E-state index contributed by atoms with van der Waals surface area (Å²) in [7, 11) is 0. The first-order valence-corrected chi connectivity index (χ1v) is 27.6. The average molecular weight is 854 g/mol. The second kappa shape index (κ2) is 49.2. The minimum Gasteiger partial charge on any atom is -0.273 e. The second-order valence-electron chi connectivity index (χ2n) is 19.0. The Kier molecular flexibility index (Phi) is 47.7. The molecule has 0 aromatic carbocycles.